The highest BCUT2D eigenvalue weighted by molar-refractivity contribution is 7.92. The lowest BCUT2D eigenvalue weighted by Crippen LogP contribution is -2.39. The van der Waals surface area contributed by atoms with Gasteiger partial charge < -0.3 is 9.64 Å². The second-order valence-corrected chi connectivity index (χ2v) is 11.6. The van der Waals surface area contributed by atoms with Crippen LogP contribution in [-0.4, -0.2) is 57.5 Å². The number of hydrogen-bond acceptors (Lipinski definition) is 7. The fourth-order valence-electron chi connectivity index (χ4n) is 4.01. The molecule has 0 aliphatic carbocycles. The first kappa shape index (κ1) is 31.6. The van der Waals surface area contributed by atoms with Crippen molar-refractivity contribution < 1.29 is 22.3 Å². The Hall–Kier alpha value is -2.96. The lowest BCUT2D eigenvalue weighted by Gasteiger charge is -2.25. The summed E-state index contributed by atoms with van der Waals surface area (Å²) in [4.78, 5) is 22.3. The highest BCUT2D eigenvalue weighted by Gasteiger charge is 2.27. The van der Waals surface area contributed by atoms with Crippen LogP contribution in [0.3, 0.4) is 0 Å². The van der Waals surface area contributed by atoms with Gasteiger partial charge in [-0.25, -0.2) is 17.8 Å². The molecule has 0 unspecified atom stereocenters. The third-order valence-corrected chi connectivity index (χ3v) is 9.12. The van der Waals surface area contributed by atoms with Crippen molar-refractivity contribution in [2.75, 3.05) is 42.9 Å². The lowest BCUT2D eigenvalue weighted by molar-refractivity contribution is 0.0984. The summed E-state index contributed by atoms with van der Waals surface area (Å²) in [5.74, 6) is -0.463. The molecule has 8 nitrogen and oxygen atoms in total. The number of nitrogens with zero attached hydrogens (tertiary/aromatic N) is 3. The summed E-state index contributed by atoms with van der Waals surface area (Å²) >= 11 is 7.70. The van der Waals surface area contributed by atoms with Crippen LogP contribution < -0.4 is 14.4 Å². The second-order valence-electron chi connectivity index (χ2n) is 8.51. The van der Waals surface area contributed by atoms with Gasteiger partial charge in [0.05, 0.1) is 33.0 Å². The topological polar surface area (TPSA) is 91.8 Å². The third kappa shape index (κ3) is 6.84. The van der Waals surface area contributed by atoms with Gasteiger partial charge in [-0.2, -0.15) is 0 Å². The standard InChI is InChI=1S/C27H28ClFN4O4S2.ClH/c1-4-32(5-2)16-17-33(27-30-24-23(37-3)15-14-21(28)25(24)38-27)26(34)20-8-6-7-9-22(20)31-39(35,36)19-12-10-18(29)11-13-19;/h6-15,31H,4-5,16-17H2,1-3H3;1H. The van der Waals surface area contributed by atoms with E-state index in [4.69, 9.17) is 21.3 Å². The number of fused-ring (bicyclic) bond motifs is 1. The zero-order valence-electron chi connectivity index (χ0n) is 22.1. The van der Waals surface area contributed by atoms with Gasteiger partial charge in [0.1, 0.15) is 17.1 Å². The molecule has 0 saturated carbocycles. The first-order valence-corrected chi connectivity index (χ1v) is 14.9. The Kier molecular flexibility index (Phi) is 10.7. The number of rotatable bonds is 11. The van der Waals surface area contributed by atoms with E-state index in [1.807, 2.05) is 13.8 Å². The predicted molar refractivity (Wildman–Crippen MR) is 162 cm³/mol. The SMILES string of the molecule is CCN(CC)CCN(C(=O)c1ccccc1NS(=O)(=O)c1ccc(F)cc1)c1nc2c(OC)ccc(Cl)c2s1.Cl. The monoisotopic (exact) mass is 626 g/mol. The number of amides is 1. The number of aromatic nitrogens is 1. The Morgan fingerprint density at radius 1 is 1.05 bits per heavy atom. The number of likely N-dealkylation sites (N-methyl/N-ethyl adjacent to an activating group) is 1. The number of nitrogens with one attached hydrogen (secondary N) is 1. The molecule has 3 aromatic carbocycles. The van der Waals surface area contributed by atoms with Gasteiger partial charge in [0, 0.05) is 13.1 Å². The summed E-state index contributed by atoms with van der Waals surface area (Å²) < 4.78 is 48.1. The van der Waals surface area contributed by atoms with Crippen LogP contribution in [0.2, 0.25) is 5.02 Å². The molecule has 0 atom stereocenters. The summed E-state index contributed by atoms with van der Waals surface area (Å²) in [7, 11) is -2.55. The molecule has 0 spiro atoms. The summed E-state index contributed by atoms with van der Waals surface area (Å²) in [6.45, 7) is 6.55. The zero-order chi connectivity index (χ0) is 28.2. The molecule has 4 rings (SSSR count). The van der Waals surface area contributed by atoms with Crippen molar-refractivity contribution in [1.82, 2.24) is 9.88 Å². The molecular weight excluding hydrogens is 598 g/mol. The molecule has 1 amide bonds. The number of sulfonamides is 1. The van der Waals surface area contributed by atoms with Crippen molar-refractivity contribution >= 4 is 72.3 Å². The number of halogens is 3. The first-order valence-electron chi connectivity index (χ1n) is 12.2. The van der Waals surface area contributed by atoms with Crippen molar-refractivity contribution in [3.05, 3.63) is 77.1 Å². The Bertz CT molecular complexity index is 1580. The van der Waals surface area contributed by atoms with Gasteiger partial charge in [-0.15, -0.1) is 12.4 Å². The van der Waals surface area contributed by atoms with E-state index in [1.165, 1.54) is 29.4 Å². The summed E-state index contributed by atoms with van der Waals surface area (Å²) in [5.41, 5.74) is 0.771. The van der Waals surface area contributed by atoms with Crippen LogP contribution in [0.25, 0.3) is 10.2 Å². The van der Waals surface area contributed by atoms with Crippen LogP contribution in [-0.2, 0) is 10.0 Å². The predicted octanol–water partition coefficient (Wildman–Crippen LogP) is 6.31. The fourth-order valence-corrected chi connectivity index (χ4v) is 6.37. The molecule has 0 fully saturated rings. The first-order chi connectivity index (χ1) is 18.7. The average Bonchev–Trinajstić information content (AvgIpc) is 3.37. The van der Waals surface area contributed by atoms with E-state index >= 15 is 0 Å². The van der Waals surface area contributed by atoms with Gasteiger partial charge >= 0.3 is 0 Å². The Labute approximate surface area is 248 Å². The quantitative estimate of drug-likeness (QED) is 0.210. The molecule has 1 aromatic heterocycles. The molecule has 0 aliphatic rings. The zero-order valence-corrected chi connectivity index (χ0v) is 25.3. The minimum Gasteiger partial charge on any atom is -0.494 e. The van der Waals surface area contributed by atoms with E-state index in [0.717, 1.165) is 37.4 Å². The van der Waals surface area contributed by atoms with E-state index in [2.05, 4.69) is 9.62 Å². The molecule has 40 heavy (non-hydrogen) atoms. The van der Waals surface area contributed by atoms with E-state index in [-0.39, 0.29) is 28.6 Å². The van der Waals surface area contributed by atoms with Crippen molar-refractivity contribution in [1.29, 1.82) is 0 Å². The van der Waals surface area contributed by atoms with Gasteiger partial charge in [0.25, 0.3) is 15.9 Å². The maximum atomic E-state index is 14.1. The molecule has 0 bridgehead atoms. The molecule has 13 heteroatoms. The molecule has 1 heterocycles. The van der Waals surface area contributed by atoms with Crippen LogP contribution in [0.4, 0.5) is 15.2 Å². The van der Waals surface area contributed by atoms with Crippen LogP contribution >= 0.6 is 35.3 Å². The van der Waals surface area contributed by atoms with Crippen LogP contribution in [0.15, 0.2) is 65.6 Å². The van der Waals surface area contributed by atoms with Gasteiger partial charge in [0.15, 0.2) is 5.13 Å². The molecule has 0 radical (unpaired) electrons. The normalized spacial score (nSPS) is 11.3. The number of anilines is 2. The highest BCUT2D eigenvalue weighted by Crippen LogP contribution is 2.39. The molecule has 0 aliphatic heterocycles. The molecular formula is C27H29Cl2FN4O4S2. The van der Waals surface area contributed by atoms with Crippen molar-refractivity contribution in [2.45, 2.75) is 18.7 Å². The smallest absolute Gasteiger partial charge is 0.262 e. The second kappa shape index (κ2) is 13.6. The maximum Gasteiger partial charge on any atom is 0.262 e. The fraction of sp³-hybridized carbons (Fsp3) is 0.259. The van der Waals surface area contributed by atoms with Crippen molar-refractivity contribution in [3.63, 3.8) is 0 Å². The number of ether oxygens (including phenoxy) is 1. The van der Waals surface area contributed by atoms with E-state index in [1.54, 1.807) is 30.3 Å². The number of benzene rings is 3. The molecule has 1 N–H and O–H groups in total. The summed E-state index contributed by atoms with van der Waals surface area (Å²) in [6.07, 6.45) is 0. The molecule has 0 saturated heterocycles. The number of thiazole rings is 1. The van der Waals surface area contributed by atoms with Gasteiger partial charge in [0.2, 0.25) is 0 Å². The third-order valence-electron chi connectivity index (χ3n) is 6.20. The maximum absolute atomic E-state index is 14.1. The van der Waals surface area contributed by atoms with Crippen LogP contribution in [0, 0.1) is 5.82 Å². The number of carbonyl (C=O) groups is 1. The lowest BCUT2D eigenvalue weighted by atomic mass is 10.1. The Balaban J connectivity index is 0.00000441. The largest absolute Gasteiger partial charge is 0.494 e. The van der Waals surface area contributed by atoms with E-state index in [9.17, 15) is 17.6 Å². The molecule has 214 valence electrons. The Morgan fingerprint density at radius 2 is 1.73 bits per heavy atom. The number of hydrogen-bond donors (Lipinski definition) is 1. The van der Waals surface area contributed by atoms with Crippen LogP contribution in [0.5, 0.6) is 5.75 Å². The number of methoxy groups -OCH3 is 1. The van der Waals surface area contributed by atoms with E-state index < -0.39 is 21.7 Å². The number of carbonyl (C=O) groups excluding carboxylic acids is 1. The summed E-state index contributed by atoms with van der Waals surface area (Å²) in [5, 5.41) is 0.892. The minimum atomic E-state index is -4.09. The Morgan fingerprint density at radius 3 is 2.38 bits per heavy atom. The minimum absolute atomic E-state index is 0. The van der Waals surface area contributed by atoms with Crippen molar-refractivity contribution in [3.8, 4) is 5.75 Å². The molecule has 4 aromatic rings. The van der Waals surface area contributed by atoms with Gasteiger partial charge in [-0.3, -0.25) is 14.4 Å². The number of para-hydroxylation sites is 1. The van der Waals surface area contributed by atoms with Crippen LogP contribution in [0.1, 0.15) is 24.2 Å². The summed E-state index contributed by atoms with van der Waals surface area (Å²) in [6, 6.07) is 14.2. The van der Waals surface area contributed by atoms with E-state index in [0.29, 0.717) is 39.2 Å². The average molecular weight is 628 g/mol. The van der Waals surface area contributed by atoms with Gasteiger partial charge in [-0.1, -0.05) is 48.9 Å². The highest BCUT2D eigenvalue weighted by atomic mass is 35.5. The van der Waals surface area contributed by atoms with Gasteiger partial charge in [-0.05, 0) is 61.6 Å². The van der Waals surface area contributed by atoms with Crippen molar-refractivity contribution in [2.24, 2.45) is 0 Å².